The zero-order chi connectivity index (χ0) is 57.3. The molecular formula is C69H114NO8P. The van der Waals surface area contributed by atoms with Crippen molar-refractivity contribution in [2.75, 3.05) is 26.4 Å². The van der Waals surface area contributed by atoms with Crippen LogP contribution in [0, 0.1) is 0 Å². The predicted octanol–water partition coefficient (Wildman–Crippen LogP) is 20.3. The van der Waals surface area contributed by atoms with Gasteiger partial charge in [0.1, 0.15) is 6.61 Å². The first kappa shape index (κ1) is 74.9. The molecule has 0 aromatic heterocycles. The van der Waals surface area contributed by atoms with E-state index in [1.165, 1.54) is 96.3 Å². The molecule has 0 bridgehead atoms. The molecule has 0 fully saturated rings. The van der Waals surface area contributed by atoms with Gasteiger partial charge >= 0.3 is 19.8 Å². The van der Waals surface area contributed by atoms with Crippen molar-refractivity contribution in [1.29, 1.82) is 0 Å². The Morgan fingerprint density at radius 3 is 1.05 bits per heavy atom. The summed E-state index contributed by atoms with van der Waals surface area (Å²) in [5.74, 6) is -0.876. The molecule has 0 aliphatic heterocycles. The fraction of sp³-hybridized carbons (Fsp3) is 0.623. The van der Waals surface area contributed by atoms with Gasteiger partial charge in [-0.3, -0.25) is 18.6 Å². The summed E-state index contributed by atoms with van der Waals surface area (Å²) >= 11 is 0. The highest BCUT2D eigenvalue weighted by atomic mass is 31.2. The van der Waals surface area contributed by atoms with Gasteiger partial charge in [0.05, 0.1) is 13.2 Å². The quantitative estimate of drug-likeness (QED) is 0.0264. The normalized spacial score (nSPS) is 14.0. The van der Waals surface area contributed by atoms with Gasteiger partial charge in [-0.05, 0) is 122 Å². The first-order valence-electron chi connectivity index (χ1n) is 31.3. The highest BCUT2D eigenvalue weighted by molar-refractivity contribution is 7.47. The highest BCUT2D eigenvalue weighted by Gasteiger charge is 2.26. The second-order valence-corrected chi connectivity index (χ2v) is 21.6. The fourth-order valence-electron chi connectivity index (χ4n) is 8.11. The van der Waals surface area contributed by atoms with Crippen LogP contribution in [0.5, 0.6) is 0 Å². The van der Waals surface area contributed by atoms with E-state index in [0.717, 1.165) is 116 Å². The number of carbonyl (C=O) groups is 2. The van der Waals surface area contributed by atoms with Crippen LogP contribution in [-0.2, 0) is 32.7 Å². The lowest BCUT2D eigenvalue weighted by Gasteiger charge is -2.19. The van der Waals surface area contributed by atoms with Crippen molar-refractivity contribution in [2.24, 2.45) is 5.73 Å². The summed E-state index contributed by atoms with van der Waals surface area (Å²) in [6.07, 6.45) is 90.5. The van der Waals surface area contributed by atoms with Crippen LogP contribution >= 0.6 is 7.82 Å². The van der Waals surface area contributed by atoms with E-state index in [1.54, 1.807) is 0 Å². The van der Waals surface area contributed by atoms with Gasteiger partial charge in [-0.15, -0.1) is 0 Å². The third-order valence-corrected chi connectivity index (χ3v) is 13.7. The van der Waals surface area contributed by atoms with Crippen molar-refractivity contribution in [3.63, 3.8) is 0 Å². The summed E-state index contributed by atoms with van der Waals surface area (Å²) in [4.78, 5) is 35.3. The SMILES string of the molecule is CC/C=C\C/C=C\C/C=C\C/C=C\C/C=C\C/C=C\C/C=C\C/C=C\C/C=C\CCCCCC(=O)OC(COC(=O)CCCCCCCCCCCCCC/C=C\C/C=C\C/C=C\CCCCCCC)COP(=O)(O)OCCN. The lowest BCUT2D eigenvalue weighted by atomic mass is 10.0. The topological polar surface area (TPSA) is 134 Å². The number of hydrogen-bond donors (Lipinski definition) is 2. The molecule has 0 aromatic rings. The molecule has 2 atom stereocenters. The molecule has 0 saturated carbocycles. The molecule has 0 rings (SSSR count). The molecule has 0 spiro atoms. The van der Waals surface area contributed by atoms with Crippen molar-refractivity contribution >= 4 is 19.8 Å². The molecule has 0 radical (unpaired) electrons. The van der Waals surface area contributed by atoms with Crippen molar-refractivity contribution in [2.45, 2.75) is 251 Å². The smallest absolute Gasteiger partial charge is 0.462 e. The molecule has 0 aromatic carbocycles. The number of nitrogens with two attached hydrogens (primary N) is 1. The van der Waals surface area contributed by atoms with Crippen LogP contribution in [0.3, 0.4) is 0 Å². The Morgan fingerprint density at radius 2 is 0.696 bits per heavy atom. The molecule has 79 heavy (non-hydrogen) atoms. The number of ether oxygens (including phenoxy) is 2. The maximum atomic E-state index is 12.7. The van der Waals surface area contributed by atoms with E-state index in [-0.39, 0.29) is 32.6 Å². The molecule has 9 nitrogen and oxygen atoms in total. The summed E-state index contributed by atoms with van der Waals surface area (Å²) in [5.41, 5.74) is 5.39. The zero-order valence-electron chi connectivity index (χ0n) is 50.0. The Hall–Kier alpha value is -4.11. The Bertz CT molecular complexity index is 1800. The number of rotatable bonds is 57. The molecule has 10 heteroatoms. The van der Waals surface area contributed by atoms with Crippen molar-refractivity contribution in [3.8, 4) is 0 Å². The van der Waals surface area contributed by atoms with Gasteiger partial charge in [0, 0.05) is 19.4 Å². The first-order chi connectivity index (χ1) is 38.8. The predicted molar refractivity (Wildman–Crippen MR) is 339 cm³/mol. The number of phosphoric acid groups is 1. The van der Waals surface area contributed by atoms with Crippen LogP contribution in [0.25, 0.3) is 0 Å². The first-order valence-corrected chi connectivity index (χ1v) is 32.8. The Labute approximate surface area is 484 Å². The van der Waals surface area contributed by atoms with E-state index in [4.69, 9.17) is 24.3 Å². The number of hydrogen-bond acceptors (Lipinski definition) is 8. The van der Waals surface area contributed by atoms with Gasteiger partial charge < -0.3 is 20.1 Å². The van der Waals surface area contributed by atoms with Crippen LogP contribution < -0.4 is 5.73 Å². The summed E-state index contributed by atoms with van der Waals surface area (Å²) in [6.45, 7) is 3.57. The number of unbranched alkanes of at least 4 members (excludes halogenated alkanes) is 20. The van der Waals surface area contributed by atoms with Crippen LogP contribution in [0.15, 0.2) is 146 Å². The second-order valence-electron chi connectivity index (χ2n) is 20.2. The molecule has 0 aliphatic rings. The number of allylic oxidation sites excluding steroid dienone is 24. The Morgan fingerprint density at radius 1 is 0.392 bits per heavy atom. The van der Waals surface area contributed by atoms with Gasteiger partial charge in [0.25, 0.3) is 0 Å². The third-order valence-electron chi connectivity index (χ3n) is 12.7. The molecule has 0 saturated heterocycles. The summed E-state index contributed by atoms with van der Waals surface area (Å²) < 4.78 is 33.1. The number of esters is 2. The summed E-state index contributed by atoms with van der Waals surface area (Å²) in [5, 5.41) is 0. The molecule has 0 aliphatic carbocycles. The Kier molecular flexibility index (Phi) is 59.8. The minimum absolute atomic E-state index is 0.0394. The lowest BCUT2D eigenvalue weighted by Crippen LogP contribution is -2.29. The number of phosphoric ester groups is 1. The zero-order valence-corrected chi connectivity index (χ0v) is 50.9. The van der Waals surface area contributed by atoms with Crippen LogP contribution in [0.2, 0.25) is 0 Å². The molecular weight excluding hydrogens is 1000 g/mol. The third kappa shape index (κ3) is 62.9. The van der Waals surface area contributed by atoms with Crippen LogP contribution in [0.1, 0.15) is 245 Å². The average Bonchev–Trinajstić information content (AvgIpc) is 3.44. The van der Waals surface area contributed by atoms with Gasteiger partial charge in [0.2, 0.25) is 0 Å². The number of carbonyl (C=O) groups excluding carboxylic acids is 2. The maximum absolute atomic E-state index is 12.7. The van der Waals surface area contributed by atoms with E-state index in [1.807, 2.05) is 0 Å². The Balaban J connectivity index is 4.08. The minimum Gasteiger partial charge on any atom is -0.462 e. The second kappa shape index (κ2) is 63.1. The van der Waals surface area contributed by atoms with Crippen LogP contribution in [-0.4, -0.2) is 49.3 Å². The molecule has 3 N–H and O–H groups in total. The molecule has 0 heterocycles. The summed E-state index contributed by atoms with van der Waals surface area (Å²) in [7, 11) is -4.41. The minimum atomic E-state index is -4.41. The highest BCUT2D eigenvalue weighted by Crippen LogP contribution is 2.43. The van der Waals surface area contributed by atoms with Gasteiger partial charge in [0.15, 0.2) is 6.10 Å². The van der Waals surface area contributed by atoms with Gasteiger partial charge in [-0.1, -0.05) is 256 Å². The van der Waals surface area contributed by atoms with E-state index in [0.29, 0.717) is 6.42 Å². The molecule has 0 amide bonds. The van der Waals surface area contributed by atoms with Gasteiger partial charge in [-0.25, -0.2) is 4.57 Å². The standard InChI is InChI=1S/C69H114NO8P/c1-3-5-7-9-11-13-15-17-19-21-23-25-27-29-31-32-33-34-36-38-40-42-44-46-48-50-52-54-56-58-60-62-69(72)78-67(66-77-79(73,74)76-64-63-70)65-75-68(71)61-59-57-55-53-51-49-47-45-43-41-39-37-35-30-28-26-24-22-20-18-16-14-12-10-8-6-4-2/h5,7,11,13,16-19,22-25,28-31,33-34,38,40,44,46,50,52,67H,3-4,6,8-10,12,14-15,20-21,26-27,32,35-37,39,41-43,45,47-49,51,53-66,70H2,1-2H3,(H,73,74)/b7-5-,13-11-,18-16-,19-17-,24-22-,25-23-,30-28-,31-29-,34-33-,40-38-,46-44-,52-50-. The van der Waals surface area contributed by atoms with Crippen molar-refractivity contribution in [3.05, 3.63) is 146 Å². The van der Waals surface area contributed by atoms with E-state index in [2.05, 4.69) is 160 Å². The van der Waals surface area contributed by atoms with E-state index < -0.39 is 32.5 Å². The van der Waals surface area contributed by atoms with Gasteiger partial charge in [-0.2, -0.15) is 0 Å². The van der Waals surface area contributed by atoms with E-state index >= 15 is 0 Å². The monoisotopic (exact) mass is 1120 g/mol. The molecule has 448 valence electrons. The van der Waals surface area contributed by atoms with Crippen molar-refractivity contribution < 1.29 is 37.6 Å². The summed E-state index contributed by atoms with van der Waals surface area (Å²) in [6, 6.07) is 0. The largest absolute Gasteiger partial charge is 0.472 e. The van der Waals surface area contributed by atoms with Crippen molar-refractivity contribution in [1.82, 2.24) is 0 Å². The lowest BCUT2D eigenvalue weighted by molar-refractivity contribution is -0.161. The fourth-order valence-corrected chi connectivity index (χ4v) is 8.87. The maximum Gasteiger partial charge on any atom is 0.472 e. The van der Waals surface area contributed by atoms with E-state index in [9.17, 15) is 19.0 Å². The molecule has 2 unspecified atom stereocenters. The van der Waals surface area contributed by atoms with Crippen LogP contribution in [0.4, 0.5) is 0 Å². The average molecular weight is 1120 g/mol.